The number of carboxylic acid groups (broad SMARTS) is 1. The van der Waals surface area contributed by atoms with Gasteiger partial charge >= 0.3 is 5.97 Å². The molecule has 6 heteroatoms. The van der Waals surface area contributed by atoms with Gasteiger partial charge in [-0.05, 0) is 37.1 Å². The van der Waals surface area contributed by atoms with Gasteiger partial charge in [0.1, 0.15) is 5.82 Å². The van der Waals surface area contributed by atoms with Crippen molar-refractivity contribution in [2.45, 2.75) is 37.8 Å². The highest BCUT2D eigenvalue weighted by Gasteiger charge is 2.29. The summed E-state index contributed by atoms with van der Waals surface area (Å²) in [5.41, 5.74) is 0.914. The molecule has 116 valence electrons. The molecule has 1 aromatic carbocycles. The van der Waals surface area contributed by atoms with Crippen LogP contribution >= 0.6 is 0 Å². The summed E-state index contributed by atoms with van der Waals surface area (Å²) >= 11 is 0. The van der Waals surface area contributed by atoms with Crippen LogP contribution in [0.25, 0.3) is 11.3 Å². The van der Waals surface area contributed by atoms with E-state index >= 15 is 0 Å². The molecule has 0 saturated heterocycles. The third-order valence-corrected chi connectivity index (χ3v) is 4.17. The van der Waals surface area contributed by atoms with E-state index in [1.165, 1.54) is 30.6 Å². The molecule has 2 atom stereocenters. The smallest absolute Gasteiger partial charge is 0.356 e. The lowest BCUT2D eigenvalue weighted by Crippen LogP contribution is -2.27. The van der Waals surface area contributed by atoms with E-state index in [0.29, 0.717) is 17.7 Å². The minimum atomic E-state index is -1.14. The Balaban J connectivity index is 2.11. The van der Waals surface area contributed by atoms with Crippen molar-refractivity contribution in [2.75, 3.05) is 0 Å². The fourth-order valence-corrected chi connectivity index (χ4v) is 3.08. The molecule has 0 spiro atoms. The molecule has 0 aliphatic heterocycles. The zero-order valence-electron chi connectivity index (χ0n) is 11.9. The van der Waals surface area contributed by atoms with Gasteiger partial charge in [0.05, 0.1) is 24.2 Å². The Morgan fingerprint density at radius 2 is 1.91 bits per heavy atom. The van der Waals surface area contributed by atoms with E-state index in [1.807, 2.05) is 0 Å². The Kier molecular flexibility index (Phi) is 3.94. The van der Waals surface area contributed by atoms with Crippen molar-refractivity contribution in [1.82, 2.24) is 9.55 Å². The van der Waals surface area contributed by atoms with E-state index in [0.717, 1.165) is 19.3 Å². The van der Waals surface area contributed by atoms with Crippen LogP contribution in [0.3, 0.4) is 0 Å². The van der Waals surface area contributed by atoms with Crippen LogP contribution in [-0.4, -0.2) is 31.8 Å². The number of aliphatic hydroxyl groups excluding tert-OH is 1. The minimum absolute atomic E-state index is 0.0793. The first kappa shape index (κ1) is 14.7. The monoisotopic (exact) mass is 304 g/mol. The number of carbonyl (C=O) groups is 1. The van der Waals surface area contributed by atoms with E-state index < -0.39 is 12.1 Å². The van der Waals surface area contributed by atoms with Gasteiger partial charge in [-0.25, -0.2) is 14.2 Å². The molecule has 5 nitrogen and oxygen atoms in total. The van der Waals surface area contributed by atoms with Crippen LogP contribution < -0.4 is 0 Å². The average molecular weight is 304 g/mol. The maximum atomic E-state index is 13.1. The summed E-state index contributed by atoms with van der Waals surface area (Å²) in [5.74, 6) is -1.52. The zero-order chi connectivity index (χ0) is 15.7. The summed E-state index contributed by atoms with van der Waals surface area (Å²) in [6.07, 6.45) is 4.33. The van der Waals surface area contributed by atoms with Crippen molar-refractivity contribution in [3.05, 3.63) is 42.1 Å². The summed E-state index contributed by atoms with van der Waals surface area (Å²) < 4.78 is 14.8. The molecule has 1 saturated carbocycles. The van der Waals surface area contributed by atoms with Gasteiger partial charge in [-0.2, -0.15) is 0 Å². The number of carboxylic acids is 1. The number of benzene rings is 1. The Hall–Kier alpha value is -2.21. The standard InChI is InChI=1S/C16H17FN2O3/c17-11-7-5-10(6-8-11)15-14(16(21)22)18-9-19(15)12-3-1-2-4-13(12)20/h5-9,12-13,20H,1-4H2,(H,21,22)/t12-,13-/m0/s1. The zero-order valence-corrected chi connectivity index (χ0v) is 11.9. The van der Waals surface area contributed by atoms with Crippen LogP contribution in [-0.2, 0) is 0 Å². The SMILES string of the molecule is O=C(O)c1ncn([C@H]2CCCC[C@@H]2O)c1-c1ccc(F)cc1. The second kappa shape index (κ2) is 5.88. The Morgan fingerprint density at radius 3 is 2.55 bits per heavy atom. The van der Waals surface area contributed by atoms with Gasteiger partial charge in [-0.3, -0.25) is 0 Å². The fourth-order valence-electron chi connectivity index (χ4n) is 3.08. The van der Waals surface area contributed by atoms with Crippen LogP contribution in [0, 0.1) is 5.82 Å². The maximum absolute atomic E-state index is 13.1. The van der Waals surface area contributed by atoms with Gasteiger partial charge in [0.15, 0.2) is 5.69 Å². The first-order valence-electron chi connectivity index (χ1n) is 7.32. The number of aromatic nitrogens is 2. The summed E-state index contributed by atoms with van der Waals surface area (Å²) in [6.45, 7) is 0. The van der Waals surface area contributed by atoms with E-state index in [-0.39, 0.29) is 17.6 Å². The number of hydrogen-bond donors (Lipinski definition) is 2. The van der Waals surface area contributed by atoms with Crippen molar-refractivity contribution >= 4 is 5.97 Å². The molecule has 2 aromatic rings. The van der Waals surface area contributed by atoms with E-state index in [1.54, 1.807) is 4.57 Å². The Labute approximate surface area is 127 Å². The third-order valence-electron chi connectivity index (χ3n) is 4.17. The number of halogens is 1. The molecule has 0 amide bonds. The predicted molar refractivity (Wildman–Crippen MR) is 78.1 cm³/mol. The quantitative estimate of drug-likeness (QED) is 0.914. The lowest BCUT2D eigenvalue weighted by atomic mass is 9.92. The van der Waals surface area contributed by atoms with Crippen LogP contribution in [0.15, 0.2) is 30.6 Å². The van der Waals surface area contributed by atoms with Crippen molar-refractivity contribution < 1.29 is 19.4 Å². The number of rotatable bonds is 3. The number of nitrogens with zero attached hydrogens (tertiary/aromatic N) is 2. The first-order valence-corrected chi connectivity index (χ1v) is 7.32. The summed E-state index contributed by atoms with van der Waals surface area (Å²) in [7, 11) is 0. The van der Waals surface area contributed by atoms with Gasteiger partial charge in [0, 0.05) is 5.56 Å². The van der Waals surface area contributed by atoms with Gasteiger partial charge in [0.2, 0.25) is 0 Å². The lowest BCUT2D eigenvalue weighted by molar-refractivity contribution is 0.0687. The molecular formula is C16H17FN2O3. The van der Waals surface area contributed by atoms with Crippen LogP contribution in [0.2, 0.25) is 0 Å². The van der Waals surface area contributed by atoms with Gasteiger partial charge in [-0.15, -0.1) is 0 Å². The average Bonchev–Trinajstić information content (AvgIpc) is 2.93. The number of imidazole rings is 1. The molecule has 1 aliphatic rings. The van der Waals surface area contributed by atoms with Gasteiger partial charge in [0.25, 0.3) is 0 Å². The molecular weight excluding hydrogens is 287 g/mol. The third kappa shape index (κ3) is 2.62. The van der Waals surface area contributed by atoms with E-state index in [2.05, 4.69) is 4.98 Å². The maximum Gasteiger partial charge on any atom is 0.356 e. The van der Waals surface area contributed by atoms with Crippen molar-refractivity contribution in [3.63, 3.8) is 0 Å². The Bertz CT molecular complexity index is 681. The van der Waals surface area contributed by atoms with Gasteiger partial charge < -0.3 is 14.8 Å². The summed E-state index contributed by atoms with van der Waals surface area (Å²) in [6, 6.07) is 5.44. The molecule has 1 aliphatic carbocycles. The molecule has 0 radical (unpaired) electrons. The van der Waals surface area contributed by atoms with Crippen molar-refractivity contribution in [1.29, 1.82) is 0 Å². The number of hydrogen-bond acceptors (Lipinski definition) is 3. The van der Waals surface area contributed by atoms with Gasteiger partial charge in [-0.1, -0.05) is 12.8 Å². The Morgan fingerprint density at radius 1 is 1.23 bits per heavy atom. The lowest BCUT2D eigenvalue weighted by Gasteiger charge is -2.30. The van der Waals surface area contributed by atoms with Crippen molar-refractivity contribution in [2.24, 2.45) is 0 Å². The minimum Gasteiger partial charge on any atom is -0.476 e. The van der Waals surface area contributed by atoms with E-state index in [9.17, 15) is 19.4 Å². The summed E-state index contributed by atoms with van der Waals surface area (Å²) in [4.78, 5) is 15.4. The van der Waals surface area contributed by atoms with Crippen LogP contribution in [0.4, 0.5) is 4.39 Å². The normalized spacial score (nSPS) is 21.7. The second-order valence-corrected chi connectivity index (χ2v) is 5.58. The highest BCUT2D eigenvalue weighted by atomic mass is 19.1. The second-order valence-electron chi connectivity index (χ2n) is 5.58. The first-order chi connectivity index (χ1) is 10.6. The van der Waals surface area contributed by atoms with Crippen LogP contribution in [0.5, 0.6) is 0 Å². The number of aliphatic hydroxyl groups is 1. The molecule has 1 heterocycles. The van der Waals surface area contributed by atoms with Crippen LogP contribution in [0.1, 0.15) is 42.2 Å². The highest BCUT2D eigenvalue weighted by molar-refractivity contribution is 5.93. The molecule has 2 N–H and O–H groups in total. The number of aromatic carboxylic acids is 1. The molecule has 3 rings (SSSR count). The molecule has 22 heavy (non-hydrogen) atoms. The molecule has 0 unspecified atom stereocenters. The topological polar surface area (TPSA) is 75.3 Å². The summed E-state index contributed by atoms with van der Waals surface area (Å²) in [5, 5.41) is 19.6. The largest absolute Gasteiger partial charge is 0.476 e. The predicted octanol–water partition coefficient (Wildman–Crippen LogP) is 2.86. The molecule has 0 bridgehead atoms. The van der Waals surface area contributed by atoms with E-state index in [4.69, 9.17) is 0 Å². The highest BCUT2D eigenvalue weighted by Crippen LogP contribution is 2.34. The van der Waals surface area contributed by atoms with Crippen molar-refractivity contribution in [3.8, 4) is 11.3 Å². The molecule has 1 fully saturated rings. The fraction of sp³-hybridized carbons (Fsp3) is 0.375. The molecule has 1 aromatic heterocycles.